The molecule has 1 atom stereocenters. The Morgan fingerprint density at radius 2 is 2.05 bits per heavy atom. The summed E-state index contributed by atoms with van der Waals surface area (Å²) in [6.45, 7) is 1.81. The van der Waals surface area contributed by atoms with Gasteiger partial charge in [0.1, 0.15) is 0 Å². The van der Waals surface area contributed by atoms with Crippen molar-refractivity contribution in [3.8, 4) is 0 Å². The summed E-state index contributed by atoms with van der Waals surface area (Å²) in [7, 11) is 0.418. The van der Waals surface area contributed by atoms with E-state index in [0.717, 1.165) is 25.2 Å². The van der Waals surface area contributed by atoms with Gasteiger partial charge in [0.15, 0.2) is 0 Å². The van der Waals surface area contributed by atoms with Crippen LogP contribution < -0.4 is 15.8 Å². The molecule has 0 saturated carbocycles. The highest BCUT2D eigenvalue weighted by Gasteiger charge is 2.25. The fourth-order valence-electron chi connectivity index (χ4n) is 2.38. The van der Waals surface area contributed by atoms with Crippen molar-refractivity contribution < 1.29 is 8.42 Å². The van der Waals surface area contributed by atoms with E-state index in [-0.39, 0.29) is 4.90 Å². The van der Waals surface area contributed by atoms with Crippen LogP contribution in [-0.4, -0.2) is 46.5 Å². The van der Waals surface area contributed by atoms with Gasteiger partial charge in [-0.05, 0) is 38.7 Å². The number of nitrogens with two attached hydrogens (primary N) is 2. The summed E-state index contributed by atoms with van der Waals surface area (Å²) >= 11 is 0. The molecule has 0 aromatic heterocycles. The van der Waals surface area contributed by atoms with E-state index in [0.29, 0.717) is 11.7 Å². The molecule has 1 aliphatic rings. The highest BCUT2D eigenvalue weighted by molar-refractivity contribution is 7.89. The maximum absolute atomic E-state index is 11.3. The Kier molecular flexibility index (Phi) is 3.71. The van der Waals surface area contributed by atoms with Crippen LogP contribution in [0.2, 0.25) is 0 Å². The monoisotopic (exact) mass is 284 g/mol. The van der Waals surface area contributed by atoms with E-state index in [1.165, 1.54) is 12.1 Å². The molecule has 1 aromatic rings. The molecule has 1 fully saturated rings. The molecule has 1 saturated heterocycles. The van der Waals surface area contributed by atoms with Gasteiger partial charge in [0.05, 0.1) is 16.3 Å². The quantitative estimate of drug-likeness (QED) is 0.766. The lowest BCUT2D eigenvalue weighted by Crippen LogP contribution is -2.31. The zero-order valence-corrected chi connectivity index (χ0v) is 12.0. The van der Waals surface area contributed by atoms with Crippen molar-refractivity contribution in [3.63, 3.8) is 0 Å². The number of primary sulfonamides is 1. The largest absolute Gasteiger partial charge is 0.397 e. The lowest BCUT2D eigenvalue weighted by molar-refractivity contribution is 0.315. The van der Waals surface area contributed by atoms with Gasteiger partial charge < -0.3 is 15.5 Å². The molecular formula is C12H20N4O2S. The predicted molar refractivity (Wildman–Crippen MR) is 76.5 cm³/mol. The minimum atomic E-state index is -3.70. The van der Waals surface area contributed by atoms with Gasteiger partial charge in [-0.25, -0.2) is 13.6 Å². The molecule has 1 aromatic carbocycles. The van der Waals surface area contributed by atoms with Crippen LogP contribution in [0.1, 0.15) is 6.42 Å². The molecule has 1 aliphatic heterocycles. The maximum Gasteiger partial charge on any atom is 0.238 e. The number of hydrogen-bond donors (Lipinski definition) is 2. The Labute approximate surface area is 114 Å². The smallest absolute Gasteiger partial charge is 0.238 e. The Hall–Kier alpha value is -1.31. The summed E-state index contributed by atoms with van der Waals surface area (Å²) in [5.74, 6) is 0. The molecule has 0 amide bonds. The number of hydrogen-bond acceptors (Lipinski definition) is 5. The van der Waals surface area contributed by atoms with Crippen LogP contribution in [0.3, 0.4) is 0 Å². The molecule has 19 heavy (non-hydrogen) atoms. The van der Waals surface area contributed by atoms with Gasteiger partial charge in [0.2, 0.25) is 10.0 Å². The van der Waals surface area contributed by atoms with Crippen LogP contribution in [-0.2, 0) is 10.0 Å². The first-order valence-corrected chi connectivity index (χ1v) is 7.67. The Bertz CT molecular complexity index is 571. The van der Waals surface area contributed by atoms with Gasteiger partial charge in [-0.1, -0.05) is 0 Å². The molecule has 0 spiro atoms. The van der Waals surface area contributed by atoms with Crippen molar-refractivity contribution in [1.29, 1.82) is 0 Å². The van der Waals surface area contributed by atoms with Crippen LogP contribution in [0.15, 0.2) is 23.1 Å². The van der Waals surface area contributed by atoms with Crippen LogP contribution in [0.4, 0.5) is 11.4 Å². The van der Waals surface area contributed by atoms with Gasteiger partial charge in [0.25, 0.3) is 0 Å². The van der Waals surface area contributed by atoms with E-state index >= 15 is 0 Å². The van der Waals surface area contributed by atoms with Crippen LogP contribution in [0.5, 0.6) is 0 Å². The maximum atomic E-state index is 11.3. The predicted octanol–water partition coefficient (Wildman–Crippen LogP) is 0.0565. The van der Waals surface area contributed by atoms with Crippen molar-refractivity contribution >= 4 is 21.4 Å². The third-order valence-corrected chi connectivity index (χ3v) is 4.47. The zero-order chi connectivity index (χ0) is 14.2. The number of rotatable bonds is 3. The van der Waals surface area contributed by atoms with E-state index in [9.17, 15) is 8.42 Å². The molecular weight excluding hydrogens is 264 g/mol. The van der Waals surface area contributed by atoms with Crippen molar-refractivity contribution in [3.05, 3.63) is 18.2 Å². The normalized spacial score (nSPS) is 20.2. The van der Waals surface area contributed by atoms with Gasteiger partial charge in [0, 0.05) is 19.1 Å². The average Bonchev–Trinajstić information content (AvgIpc) is 2.76. The molecule has 6 nitrogen and oxygen atoms in total. The number of nitrogen functional groups attached to an aromatic ring is 1. The van der Waals surface area contributed by atoms with Gasteiger partial charge in [-0.15, -0.1) is 0 Å². The molecule has 0 aliphatic carbocycles. The molecule has 2 rings (SSSR count). The van der Waals surface area contributed by atoms with Crippen LogP contribution >= 0.6 is 0 Å². The van der Waals surface area contributed by atoms with Gasteiger partial charge >= 0.3 is 0 Å². The van der Waals surface area contributed by atoms with E-state index in [4.69, 9.17) is 10.9 Å². The lowest BCUT2D eigenvalue weighted by Gasteiger charge is -2.23. The molecule has 7 heteroatoms. The van der Waals surface area contributed by atoms with Crippen LogP contribution in [0, 0.1) is 0 Å². The molecule has 1 unspecified atom stereocenters. The Balaban J connectivity index is 2.24. The number of sulfonamides is 1. The van der Waals surface area contributed by atoms with E-state index in [2.05, 4.69) is 23.9 Å². The lowest BCUT2D eigenvalue weighted by atomic mass is 10.2. The van der Waals surface area contributed by atoms with E-state index < -0.39 is 10.0 Å². The molecule has 0 bridgehead atoms. The summed E-state index contributed by atoms with van der Waals surface area (Å²) in [6.07, 6.45) is 1.07. The SMILES string of the molecule is CN(C)C1CCN(c2ccc(S(N)(=O)=O)cc2N)C1. The summed E-state index contributed by atoms with van der Waals surface area (Å²) in [5.41, 5.74) is 7.27. The van der Waals surface area contributed by atoms with Gasteiger partial charge in [-0.2, -0.15) is 0 Å². The molecule has 106 valence electrons. The van der Waals surface area contributed by atoms with Crippen molar-refractivity contribution in [2.45, 2.75) is 17.4 Å². The second-order valence-corrected chi connectivity index (χ2v) is 6.68. The minimum absolute atomic E-state index is 0.0529. The first-order chi connectivity index (χ1) is 8.79. The van der Waals surface area contributed by atoms with Crippen molar-refractivity contribution in [1.82, 2.24) is 4.90 Å². The minimum Gasteiger partial charge on any atom is -0.397 e. The number of likely N-dealkylation sites (N-methyl/N-ethyl adjacent to an activating group) is 1. The summed E-state index contributed by atoms with van der Waals surface area (Å²) in [5, 5.41) is 5.09. The fraction of sp³-hybridized carbons (Fsp3) is 0.500. The third-order valence-electron chi connectivity index (χ3n) is 3.56. The Morgan fingerprint density at radius 3 is 2.53 bits per heavy atom. The summed E-state index contributed by atoms with van der Waals surface area (Å²) < 4.78 is 22.5. The first kappa shape index (κ1) is 14.1. The highest BCUT2D eigenvalue weighted by atomic mass is 32.2. The van der Waals surface area contributed by atoms with Gasteiger partial charge in [-0.3, -0.25) is 0 Å². The third kappa shape index (κ3) is 2.99. The second-order valence-electron chi connectivity index (χ2n) is 5.12. The summed E-state index contributed by atoms with van der Waals surface area (Å²) in [4.78, 5) is 4.42. The van der Waals surface area contributed by atoms with Crippen molar-refractivity contribution in [2.75, 3.05) is 37.8 Å². The number of anilines is 2. The topological polar surface area (TPSA) is 92.7 Å². The van der Waals surface area contributed by atoms with Crippen LogP contribution in [0.25, 0.3) is 0 Å². The van der Waals surface area contributed by atoms with E-state index in [1.54, 1.807) is 6.07 Å². The van der Waals surface area contributed by atoms with Crippen molar-refractivity contribution in [2.24, 2.45) is 5.14 Å². The highest BCUT2D eigenvalue weighted by Crippen LogP contribution is 2.29. The number of benzene rings is 1. The fourth-order valence-corrected chi connectivity index (χ4v) is 2.93. The molecule has 4 N–H and O–H groups in total. The number of nitrogens with zero attached hydrogens (tertiary/aromatic N) is 2. The summed E-state index contributed by atoms with van der Waals surface area (Å²) in [6, 6.07) is 5.16. The molecule has 1 heterocycles. The van der Waals surface area contributed by atoms with E-state index in [1.807, 2.05) is 0 Å². The average molecular weight is 284 g/mol. The first-order valence-electron chi connectivity index (χ1n) is 6.13. The zero-order valence-electron chi connectivity index (χ0n) is 11.2. The molecule has 0 radical (unpaired) electrons. The standard InChI is InChI=1S/C12H20N4O2S/c1-15(2)9-5-6-16(8-9)12-4-3-10(7-11(12)13)19(14,17)18/h3-4,7,9H,5-6,8,13H2,1-2H3,(H2,14,17,18). The Morgan fingerprint density at radius 1 is 1.37 bits per heavy atom. The second kappa shape index (κ2) is 4.99.